The summed E-state index contributed by atoms with van der Waals surface area (Å²) in [5.74, 6) is 1.91. The maximum atomic E-state index is 10.1. The minimum atomic E-state index is -0.655. The van der Waals surface area contributed by atoms with Gasteiger partial charge in [-0.1, -0.05) is 23.8 Å². The van der Waals surface area contributed by atoms with Gasteiger partial charge in [0.15, 0.2) is 0 Å². The first kappa shape index (κ1) is 20.7. The molecule has 3 rings (SSSR count). The van der Waals surface area contributed by atoms with Crippen molar-refractivity contribution < 1.29 is 5.11 Å². The molecule has 0 bridgehead atoms. The zero-order valence-corrected chi connectivity index (χ0v) is 18.2. The van der Waals surface area contributed by atoms with Gasteiger partial charge in [0.1, 0.15) is 11.6 Å². The Bertz CT molecular complexity index is 833. The van der Waals surface area contributed by atoms with Crippen molar-refractivity contribution in [3.63, 3.8) is 0 Å². The molecule has 1 aromatic heterocycles. The van der Waals surface area contributed by atoms with Gasteiger partial charge in [0.05, 0.1) is 5.60 Å². The number of rotatable bonds is 5. The summed E-state index contributed by atoms with van der Waals surface area (Å²) in [4.78, 5) is 14.2. The minimum Gasteiger partial charge on any atom is -0.389 e. The molecule has 0 saturated carbocycles. The van der Waals surface area contributed by atoms with Gasteiger partial charge in [0.25, 0.3) is 0 Å². The summed E-state index contributed by atoms with van der Waals surface area (Å²) in [6.07, 6.45) is 0.860. The highest BCUT2D eigenvalue weighted by molar-refractivity contribution is 5.52. The van der Waals surface area contributed by atoms with Crippen LogP contribution in [0.2, 0.25) is 0 Å². The molecule has 0 unspecified atom stereocenters. The van der Waals surface area contributed by atoms with Crippen LogP contribution in [0.1, 0.15) is 47.6 Å². The maximum Gasteiger partial charge on any atom is 0.136 e. The van der Waals surface area contributed by atoms with E-state index in [4.69, 9.17) is 4.98 Å². The molecule has 5 nitrogen and oxygen atoms in total. The fourth-order valence-electron chi connectivity index (χ4n) is 4.03. The van der Waals surface area contributed by atoms with Gasteiger partial charge >= 0.3 is 0 Å². The summed E-state index contributed by atoms with van der Waals surface area (Å²) in [5, 5.41) is 10.1. The van der Waals surface area contributed by atoms with Crippen molar-refractivity contribution in [3.8, 4) is 0 Å². The molecule has 1 N–H and O–H groups in total. The molecule has 5 heteroatoms. The fourth-order valence-corrected chi connectivity index (χ4v) is 4.03. The normalized spacial score (nSPS) is 15.9. The lowest BCUT2D eigenvalue weighted by molar-refractivity contribution is 0.0344. The number of nitrogens with zero attached hydrogens (tertiary/aromatic N) is 4. The second-order valence-corrected chi connectivity index (χ2v) is 8.84. The number of hydrogen-bond acceptors (Lipinski definition) is 5. The number of anilines is 1. The summed E-state index contributed by atoms with van der Waals surface area (Å²) >= 11 is 0. The van der Waals surface area contributed by atoms with E-state index in [1.807, 2.05) is 20.8 Å². The summed E-state index contributed by atoms with van der Waals surface area (Å²) in [7, 11) is 0. The molecule has 1 aliphatic rings. The van der Waals surface area contributed by atoms with E-state index in [1.165, 1.54) is 22.3 Å². The third kappa shape index (κ3) is 5.09. The molecule has 152 valence electrons. The van der Waals surface area contributed by atoms with Gasteiger partial charge in [-0.05, 0) is 52.7 Å². The van der Waals surface area contributed by atoms with Gasteiger partial charge in [-0.2, -0.15) is 0 Å². The Hall–Kier alpha value is -1.98. The number of β-amino-alcohol motifs (C(OH)–C–C–N with tert-alkyl or cyclic N) is 1. The van der Waals surface area contributed by atoms with Crippen LogP contribution in [-0.4, -0.2) is 58.3 Å². The molecule has 1 saturated heterocycles. The standard InChI is InChI=1S/C23H34N4O/c1-16-7-8-17(2)20(13-16)14-21-18(3)24-19(4)25-22(21)27-11-9-26(10-12-27)15-23(5,6)28/h7-8,13,28H,9-12,14-15H2,1-6H3. The molecule has 0 spiro atoms. The predicted octanol–water partition coefficient (Wildman–Crippen LogP) is 3.19. The van der Waals surface area contributed by atoms with E-state index < -0.39 is 5.60 Å². The van der Waals surface area contributed by atoms with Gasteiger partial charge in [-0.25, -0.2) is 9.97 Å². The first-order valence-corrected chi connectivity index (χ1v) is 10.2. The van der Waals surface area contributed by atoms with Crippen LogP contribution in [0.15, 0.2) is 18.2 Å². The van der Waals surface area contributed by atoms with Gasteiger partial charge in [-0.3, -0.25) is 4.90 Å². The number of benzene rings is 1. The first-order chi connectivity index (χ1) is 13.1. The Morgan fingerprint density at radius 2 is 1.68 bits per heavy atom. The minimum absolute atomic E-state index is 0.655. The maximum absolute atomic E-state index is 10.1. The van der Waals surface area contributed by atoms with E-state index in [0.717, 1.165) is 49.9 Å². The summed E-state index contributed by atoms with van der Waals surface area (Å²) in [6, 6.07) is 6.64. The van der Waals surface area contributed by atoms with Gasteiger partial charge in [0, 0.05) is 50.4 Å². The van der Waals surface area contributed by atoms with Crippen LogP contribution in [0.25, 0.3) is 0 Å². The Kier molecular flexibility index (Phi) is 6.06. The van der Waals surface area contributed by atoms with Crippen molar-refractivity contribution in [1.29, 1.82) is 0 Å². The van der Waals surface area contributed by atoms with Gasteiger partial charge in [0.2, 0.25) is 0 Å². The SMILES string of the molecule is Cc1ccc(C)c(Cc2c(C)nc(C)nc2N2CCN(CC(C)(C)O)CC2)c1. The molecule has 28 heavy (non-hydrogen) atoms. The van der Waals surface area contributed by atoms with E-state index in [0.29, 0.717) is 6.54 Å². The molecule has 2 heterocycles. The Labute approximate surface area is 169 Å². The molecular weight excluding hydrogens is 348 g/mol. The monoisotopic (exact) mass is 382 g/mol. The molecule has 1 fully saturated rings. The number of aryl methyl sites for hydroxylation is 4. The highest BCUT2D eigenvalue weighted by atomic mass is 16.3. The quantitative estimate of drug-likeness (QED) is 0.861. The van der Waals surface area contributed by atoms with Gasteiger partial charge < -0.3 is 10.0 Å². The summed E-state index contributed by atoms with van der Waals surface area (Å²) < 4.78 is 0. The fraction of sp³-hybridized carbons (Fsp3) is 0.565. The van der Waals surface area contributed by atoms with E-state index >= 15 is 0 Å². The van der Waals surface area contributed by atoms with Crippen molar-refractivity contribution in [1.82, 2.24) is 14.9 Å². The number of aromatic nitrogens is 2. The molecule has 1 aromatic carbocycles. The van der Waals surface area contributed by atoms with Crippen LogP contribution in [0.3, 0.4) is 0 Å². The molecule has 0 amide bonds. The molecule has 0 radical (unpaired) electrons. The number of piperazine rings is 1. The first-order valence-electron chi connectivity index (χ1n) is 10.2. The number of hydrogen-bond donors (Lipinski definition) is 1. The lowest BCUT2D eigenvalue weighted by atomic mass is 9.97. The van der Waals surface area contributed by atoms with Crippen molar-refractivity contribution in [2.24, 2.45) is 0 Å². The van der Waals surface area contributed by atoms with Crippen LogP contribution in [0.4, 0.5) is 5.82 Å². The zero-order chi connectivity index (χ0) is 20.5. The highest BCUT2D eigenvalue weighted by Gasteiger charge is 2.25. The molecule has 0 aliphatic carbocycles. The third-order valence-electron chi connectivity index (χ3n) is 5.46. The van der Waals surface area contributed by atoms with Crippen molar-refractivity contribution in [3.05, 3.63) is 52.0 Å². The van der Waals surface area contributed by atoms with Crippen LogP contribution < -0.4 is 4.90 Å². The lowest BCUT2D eigenvalue weighted by Gasteiger charge is -2.38. The second-order valence-electron chi connectivity index (χ2n) is 8.84. The smallest absolute Gasteiger partial charge is 0.136 e. The van der Waals surface area contributed by atoms with Crippen molar-refractivity contribution >= 4 is 5.82 Å². The average Bonchev–Trinajstić information content (AvgIpc) is 2.59. The number of aliphatic hydroxyl groups is 1. The Balaban J connectivity index is 1.85. The third-order valence-corrected chi connectivity index (χ3v) is 5.46. The predicted molar refractivity (Wildman–Crippen MR) is 115 cm³/mol. The van der Waals surface area contributed by atoms with Crippen molar-refractivity contribution in [2.75, 3.05) is 37.6 Å². The molecule has 0 atom stereocenters. The largest absolute Gasteiger partial charge is 0.389 e. The second kappa shape index (κ2) is 8.18. The summed E-state index contributed by atoms with van der Waals surface area (Å²) in [5.41, 5.74) is 5.59. The lowest BCUT2D eigenvalue weighted by Crippen LogP contribution is -2.51. The van der Waals surface area contributed by atoms with Crippen LogP contribution in [0, 0.1) is 27.7 Å². The highest BCUT2D eigenvalue weighted by Crippen LogP contribution is 2.26. The average molecular weight is 383 g/mol. The Morgan fingerprint density at radius 3 is 2.32 bits per heavy atom. The van der Waals surface area contributed by atoms with Crippen LogP contribution >= 0.6 is 0 Å². The van der Waals surface area contributed by atoms with Crippen molar-refractivity contribution in [2.45, 2.75) is 53.6 Å². The molecular formula is C23H34N4O. The van der Waals surface area contributed by atoms with Crippen LogP contribution in [0.5, 0.6) is 0 Å². The summed E-state index contributed by atoms with van der Waals surface area (Å²) in [6.45, 7) is 16.6. The molecule has 2 aromatic rings. The molecule has 1 aliphatic heterocycles. The van der Waals surface area contributed by atoms with Crippen LogP contribution in [-0.2, 0) is 6.42 Å². The topological polar surface area (TPSA) is 52.5 Å². The van der Waals surface area contributed by atoms with E-state index in [9.17, 15) is 5.11 Å². The Morgan fingerprint density at radius 1 is 1.00 bits per heavy atom. The van der Waals surface area contributed by atoms with E-state index in [2.05, 4.69) is 53.8 Å². The van der Waals surface area contributed by atoms with E-state index in [-0.39, 0.29) is 0 Å². The van der Waals surface area contributed by atoms with E-state index in [1.54, 1.807) is 0 Å². The zero-order valence-electron chi connectivity index (χ0n) is 18.2. The van der Waals surface area contributed by atoms with Gasteiger partial charge in [-0.15, -0.1) is 0 Å².